The van der Waals surface area contributed by atoms with E-state index in [1.54, 1.807) is 7.11 Å². The molecule has 1 saturated carbocycles. The number of hydrogen-bond donors (Lipinski definition) is 0. The molecule has 1 aromatic carbocycles. The van der Waals surface area contributed by atoms with E-state index < -0.39 is 0 Å². The minimum atomic E-state index is -0.356. The highest BCUT2D eigenvalue weighted by molar-refractivity contribution is 9.10. The molecule has 0 atom stereocenters. The predicted molar refractivity (Wildman–Crippen MR) is 58.6 cm³/mol. The molecule has 1 aliphatic rings. The number of benzene rings is 1. The van der Waals surface area contributed by atoms with Crippen LogP contribution in [-0.2, 0) is 10.3 Å². The van der Waals surface area contributed by atoms with Gasteiger partial charge in [-0.25, -0.2) is 4.39 Å². The van der Waals surface area contributed by atoms with Crippen molar-refractivity contribution in [3.05, 3.63) is 28.0 Å². The number of methoxy groups -OCH3 is 2. The first-order valence-electron chi connectivity index (χ1n) is 4.71. The SMILES string of the molecule is COc1c(F)cc(C2(OC)CC2)cc1Br. The fourth-order valence-corrected chi connectivity index (χ4v) is 2.34. The van der Waals surface area contributed by atoms with Crippen LogP contribution in [0, 0.1) is 5.82 Å². The Kier molecular flexibility index (Phi) is 2.73. The summed E-state index contributed by atoms with van der Waals surface area (Å²) in [5.41, 5.74) is 0.602. The Morgan fingerprint density at radius 2 is 2.00 bits per heavy atom. The summed E-state index contributed by atoms with van der Waals surface area (Å²) in [4.78, 5) is 0. The maximum absolute atomic E-state index is 13.6. The highest BCUT2D eigenvalue weighted by Crippen LogP contribution is 2.50. The quantitative estimate of drug-likeness (QED) is 0.843. The van der Waals surface area contributed by atoms with E-state index in [0.29, 0.717) is 4.47 Å². The van der Waals surface area contributed by atoms with Gasteiger partial charge < -0.3 is 9.47 Å². The van der Waals surface area contributed by atoms with Gasteiger partial charge in [-0.3, -0.25) is 0 Å². The van der Waals surface area contributed by atoms with Crippen molar-refractivity contribution in [3.63, 3.8) is 0 Å². The maximum Gasteiger partial charge on any atom is 0.168 e. The first kappa shape index (κ1) is 10.9. The molecule has 82 valence electrons. The lowest BCUT2D eigenvalue weighted by Gasteiger charge is -2.15. The highest BCUT2D eigenvalue weighted by Gasteiger charge is 2.45. The van der Waals surface area contributed by atoms with E-state index in [1.807, 2.05) is 6.07 Å². The van der Waals surface area contributed by atoms with Crippen LogP contribution in [0.5, 0.6) is 5.75 Å². The Bertz CT molecular complexity index is 365. The summed E-state index contributed by atoms with van der Waals surface area (Å²) >= 11 is 3.29. The highest BCUT2D eigenvalue weighted by atomic mass is 79.9. The minimum absolute atomic E-state index is 0.241. The molecule has 1 fully saturated rings. The first-order valence-corrected chi connectivity index (χ1v) is 5.51. The summed E-state index contributed by atoms with van der Waals surface area (Å²) in [7, 11) is 3.11. The van der Waals surface area contributed by atoms with Crippen molar-refractivity contribution < 1.29 is 13.9 Å². The lowest BCUT2D eigenvalue weighted by atomic mass is 10.1. The smallest absolute Gasteiger partial charge is 0.168 e. The normalized spacial score (nSPS) is 17.6. The zero-order valence-corrected chi connectivity index (χ0v) is 10.2. The third-order valence-electron chi connectivity index (χ3n) is 2.82. The molecular weight excluding hydrogens is 263 g/mol. The Morgan fingerprint density at radius 3 is 2.40 bits per heavy atom. The van der Waals surface area contributed by atoms with Gasteiger partial charge in [-0.2, -0.15) is 0 Å². The molecule has 0 amide bonds. The minimum Gasteiger partial charge on any atom is -0.492 e. The van der Waals surface area contributed by atoms with Crippen LogP contribution in [0.1, 0.15) is 18.4 Å². The number of hydrogen-bond acceptors (Lipinski definition) is 2. The van der Waals surface area contributed by atoms with Gasteiger partial charge in [-0.05, 0) is 46.5 Å². The predicted octanol–water partition coefficient (Wildman–Crippen LogP) is 3.23. The average Bonchev–Trinajstić information content (AvgIpc) is 2.97. The standard InChI is InChI=1S/C11H12BrFO2/c1-14-10-8(12)5-7(6-9(10)13)11(15-2)3-4-11/h5-6H,3-4H2,1-2H3. The fraction of sp³-hybridized carbons (Fsp3) is 0.455. The van der Waals surface area contributed by atoms with E-state index in [-0.39, 0.29) is 17.2 Å². The Balaban J connectivity index is 2.44. The summed E-state index contributed by atoms with van der Waals surface area (Å²) in [6, 6.07) is 3.35. The molecule has 0 saturated heterocycles. The monoisotopic (exact) mass is 274 g/mol. The van der Waals surface area contributed by atoms with Gasteiger partial charge in [0, 0.05) is 7.11 Å². The zero-order valence-electron chi connectivity index (χ0n) is 8.64. The van der Waals surface area contributed by atoms with Crippen molar-refractivity contribution in [2.24, 2.45) is 0 Å². The third kappa shape index (κ3) is 1.76. The van der Waals surface area contributed by atoms with E-state index in [2.05, 4.69) is 15.9 Å². The molecule has 15 heavy (non-hydrogen) atoms. The van der Waals surface area contributed by atoms with Gasteiger partial charge in [-0.1, -0.05) is 0 Å². The van der Waals surface area contributed by atoms with E-state index in [9.17, 15) is 4.39 Å². The molecule has 2 rings (SSSR count). The van der Waals surface area contributed by atoms with E-state index in [4.69, 9.17) is 9.47 Å². The topological polar surface area (TPSA) is 18.5 Å². The summed E-state index contributed by atoms with van der Waals surface area (Å²) in [6.45, 7) is 0. The van der Waals surface area contributed by atoms with E-state index >= 15 is 0 Å². The van der Waals surface area contributed by atoms with Crippen molar-refractivity contribution in [2.45, 2.75) is 18.4 Å². The van der Waals surface area contributed by atoms with Crippen molar-refractivity contribution in [3.8, 4) is 5.75 Å². The second-order valence-electron chi connectivity index (χ2n) is 3.67. The Labute approximate surface area is 96.5 Å². The molecule has 1 aromatic rings. The molecule has 0 unspecified atom stereocenters. The molecule has 0 N–H and O–H groups in total. The fourth-order valence-electron chi connectivity index (χ4n) is 1.74. The summed E-state index contributed by atoms with van der Waals surface area (Å²) < 4.78 is 24.5. The van der Waals surface area contributed by atoms with Gasteiger partial charge in [-0.15, -0.1) is 0 Å². The average molecular weight is 275 g/mol. The molecule has 0 bridgehead atoms. The van der Waals surface area contributed by atoms with E-state index in [1.165, 1.54) is 13.2 Å². The summed E-state index contributed by atoms with van der Waals surface area (Å²) in [5, 5.41) is 0. The summed E-state index contributed by atoms with van der Waals surface area (Å²) in [5.74, 6) is -0.115. The van der Waals surface area contributed by atoms with Gasteiger partial charge in [0.2, 0.25) is 0 Å². The van der Waals surface area contributed by atoms with Crippen LogP contribution in [0.2, 0.25) is 0 Å². The van der Waals surface area contributed by atoms with Crippen LogP contribution < -0.4 is 4.74 Å². The van der Waals surface area contributed by atoms with Gasteiger partial charge in [0.05, 0.1) is 17.2 Å². The number of ether oxygens (including phenoxy) is 2. The number of rotatable bonds is 3. The zero-order chi connectivity index (χ0) is 11.1. The van der Waals surface area contributed by atoms with Crippen LogP contribution in [0.3, 0.4) is 0 Å². The second kappa shape index (κ2) is 3.76. The second-order valence-corrected chi connectivity index (χ2v) is 4.53. The largest absolute Gasteiger partial charge is 0.492 e. The molecule has 0 aromatic heterocycles. The molecule has 0 heterocycles. The molecular formula is C11H12BrFO2. The van der Waals surface area contributed by atoms with Gasteiger partial charge in [0.25, 0.3) is 0 Å². The van der Waals surface area contributed by atoms with Gasteiger partial charge >= 0.3 is 0 Å². The molecule has 0 spiro atoms. The lowest BCUT2D eigenvalue weighted by molar-refractivity contribution is 0.0785. The van der Waals surface area contributed by atoms with Crippen LogP contribution >= 0.6 is 15.9 Å². The van der Waals surface area contributed by atoms with Crippen LogP contribution in [0.25, 0.3) is 0 Å². The maximum atomic E-state index is 13.6. The first-order chi connectivity index (χ1) is 7.13. The molecule has 1 aliphatic carbocycles. The third-order valence-corrected chi connectivity index (χ3v) is 3.41. The van der Waals surface area contributed by atoms with Crippen molar-refractivity contribution >= 4 is 15.9 Å². The van der Waals surface area contributed by atoms with Crippen molar-refractivity contribution in [1.29, 1.82) is 0 Å². The Hall–Kier alpha value is -0.610. The summed E-state index contributed by atoms with van der Waals surface area (Å²) in [6.07, 6.45) is 1.89. The van der Waals surface area contributed by atoms with Gasteiger partial charge in [0.1, 0.15) is 0 Å². The Morgan fingerprint density at radius 1 is 1.33 bits per heavy atom. The van der Waals surface area contributed by atoms with Crippen LogP contribution in [0.4, 0.5) is 4.39 Å². The van der Waals surface area contributed by atoms with Crippen LogP contribution in [0.15, 0.2) is 16.6 Å². The van der Waals surface area contributed by atoms with Gasteiger partial charge in [0.15, 0.2) is 11.6 Å². The molecule has 4 heteroatoms. The van der Waals surface area contributed by atoms with Crippen molar-refractivity contribution in [2.75, 3.05) is 14.2 Å². The van der Waals surface area contributed by atoms with Crippen molar-refractivity contribution in [1.82, 2.24) is 0 Å². The molecule has 0 radical (unpaired) electrons. The molecule has 2 nitrogen and oxygen atoms in total. The molecule has 0 aliphatic heterocycles. The van der Waals surface area contributed by atoms with Crippen LogP contribution in [-0.4, -0.2) is 14.2 Å². The number of halogens is 2. The lowest BCUT2D eigenvalue weighted by Crippen LogP contribution is -2.09. The van der Waals surface area contributed by atoms with E-state index in [0.717, 1.165) is 18.4 Å².